The fraction of sp³-hybridized carbons (Fsp3) is 0.200. The Morgan fingerprint density at radius 2 is 2.08 bits per heavy atom. The molecule has 0 saturated heterocycles. The van der Waals surface area contributed by atoms with Crippen molar-refractivity contribution in [1.29, 1.82) is 0 Å². The second-order valence-electron chi connectivity index (χ2n) is 5.34. The van der Waals surface area contributed by atoms with Crippen molar-refractivity contribution >= 4 is 49.0 Å². The Balaban J connectivity index is 1.95. The van der Waals surface area contributed by atoms with Crippen LogP contribution < -0.4 is 4.72 Å². The van der Waals surface area contributed by atoms with Gasteiger partial charge in [-0.3, -0.25) is 0 Å². The van der Waals surface area contributed by atoms with Crippen molar-refractivity contribution in [1.82, 2.24) is 9.97 Å². The Morgan fingerprint density at radius 1 is 1.35 bits per heavy atom. The fourth-order valence-electron chi connectivity index (χ4n) is 2.31. The van der Waals surface area contributed by atoms with Gasteiger partial charge in [-0.05, 0) is 18.6 Å². The van der Waals surface area contributed by atoms with E-state index >= 15 is 0 Å². The number of benzene rings is 1. The minimum atomic E-state index is -4.10. The molecule has 26 heavy (non-hydrogen) atoms. The molecule has 0 fully saturated rings. The van der Waals surface area contributed by atoms with Gasteiger partial charge in [-0.2, -0.15) is 0 Å². The van der Waals surface area contributed by atoms with E-state index in [1.807, 2.05) is 0 Å². The summed E-state index contributed by atoms with van der Waals surface area (Å²) < 4.78 is 66.4. The molecule has 3 rings (SSSR count). The number of sulfonamides is 1. The third kappa shape index (κ3) is 3.62. The molecule has 0 atom stereocenters. The number of nitrogens with one attached hydrogen (secondary N) is 1. The van der Waals surface area contributed by atoms with Gasteiger partial charge in [0.25, 0.3) is 10.0 Å². The summed E-state index contributed by atoms with van der Waals surface area (Å²) in [7, 11) is -4.10. The molecule has 2 aromatic heterocycles. The highest BCUT2D eigenvalue weighted by molar-refractivity contribution is 7.93. The number of aromatic nitrogens is 2. The standard InChI is InChI=1S/C15H11ClF3N3O2S2/c1-7-8(4-12(17)18)5-20-15(21-7)22-26(23,24)11-6-25-14-9(11)2-3-10(16)13(14)19/h2-3,5-6,12H,4H2,1H3,(H,20,21,22). The highest BCUT2D eigenvalue weighted by Gasteiger charge is 2.23. The van der Waals surface area contributed by atoms with Gasteiger partial charge in [0.15, 0.2) is 5.82 Å². The van der Waals surface area contributed by atoms with Crippen LogP contribution in [0.1, 0.15) is 11.3 Å². The molecular weight excluding hydrogens is 411 g/mol. The summed E-state index contributed by atoms with van der Waals surface area (Å²) in [6, 6.07) is 2.67. The lowest BCUT2D eigenvalue weighted by atomic mass is 10.2. The molecule has 0 aliphatic heterocycles. The van der Waals surface area contributed by atoms with Crippen LogP contribution in [0.3, 0.4) is 0 Å². The van der Waals surface area contributed by atoms with E-state index in [2.05, 4.69) is 14.7 Å². The molecule has 0 unspecified atom stereocenters. The number of hydrogen-bond donors (Lipinski definition) is 1. The van der Waals surface area contributed by atoms with Gasteiger partial charge in [-0.25, -0.2) is 36.3 Å². The fourth-order valence-corrected chi connectivity index (χ4v) is 5.02. The first-order valence-electron chi connectivity index (χ1n) is 7.17. The zero-order valence-electron chi connectivity index (χ0n) is 13.1. The maximum Gasteiger partial charge on any atom is 0.265 e. The van der Waals surface area contributed by atoms with Crippen LogP contribution in [0.5, 0.6) is 0 Å². The van der Waals surface area contributed by atoms with Gasteiger partial charge in [0.2, 0.25) is 12.4 Å². The molecule has 1 N–H and O–H groups in total. The summed E-state index contributed by atoms with van der Waals surface area (Å²) in [4.78, 5) is 7.53. The zero-order chi connectivity index (χ0) is 19.1. The molecule has 0 saturated carbocycles. The maximum atomic E-state index is 14.0. The molecule has 5 nitrogen and oxygen atoms in total. The Kier molecular flexibility index (Phi) is 5.09. The third-order valence-corrected chi connectivity index (χ3v) is 6.37. The predicted molar refractivity (Wildman–Crippen MR) is 94.1 cm³/mol. The molecule has 1 aromatic carbocycles. The Morgan fingerprint density at radius 3 is 2.73 bits per heavy atom. The molecule has 0 aliphatic carbocycles. The van der Waals surface area contributed by atoms with Crippen molar-refractivity contribution in [3.8, 4) is 0 Å². The topological polar surface area (TPSA) is 72.0 Å². The summed E-state index contributed by atoms with van der Waals surface area (Å²) in [5.74, 6) is -0.951. The first kappa shape index (κ1) is 18.9. The molecule has 0 spiro atoms. The molecule has 3 aromatic rings. The van der Waals surface area contributed by atoms with E-state index in [1.54, 1.807) is 0 Å². The van der Waals surface area contributed by atoms with Crippen LogP contribution in [0.15, 0.2) is 28.6 Å². The average molecular weight is 422 g/mol. The van der Waals surface area contributed by atoms with Gasteiger partial charge in [0.1, 0.15) is 4.90 Å². The quantitative estimate of drug-likeness (QED) is 0.662. The van der Waals surface area contributed by atoms with Gasteiger partial charge in [-0.15, -0.1) is 11.3 Å². The number of hydrogen-bond acceptors (Lipinski definition) is 5. The number of anilines is 1. The van der Waals surface area contributed by atoms with Crippen LogP contribution in [0, 0.1) is 12.7 Å². The van der Waals surface area contributed by atoms with Crippen molar-refractivity contribution in [2.45, 2.75) is 24.7 Å². The first-order chi connectivity index (χ1) is 12.2. The second-order valence-corrected chi connectivity index (χ2v) is 8.28. The Labute approximate surface area is 155 Å². The largest absolute Gasteiger partial charge is 0.265 e. The SMILES string of the molecule is Cc1nc(NS(=O)(=O)c2csc3c(F)c(Cl)ccc23)ncc1CC(F)F. The zero-order valence-corrected chi connectivity index (χ0v) is 15.5. The Bertz CT molecular complexity index is 1090. The highest BCUT2D eigenvalue weighted by Crippen LogP contribution is 2.35. The van der Waals surface area contributed by atoms with E-state index in [9.17, 15) is 21.6 Å². The smallest absolute Gasteiger partial charge is 0.247 e. The summed E-state index contributed by atoms with van der Waals surface area (Å²) in [6.45, 7) is 1.48. The summed E-state index contributed by atoms with van der Waals surface area (Å²) in [6.07, 6.45) is -1.93. The van der Waals surface area contributed by atoms with Gasteiger partial charge >= 0.3 is 0 Å². The normalized spacial score (nSPS) is 12.1. The van der Waals surface area contributed by atoms with Crippen LogP contribution in [-0.2, 0) is 16.4 Å². The monoisotopic (exact) mass is 421 g/mol. The summed E-state index contributed by atoms with van der Waals surface area (Å²) >= 11 is 6.60. The summed E-state index contributed by atoms with van der Waals surface area (Å²) in [5.41, 5.74) is 0.464. The van der Waals surface area contributed by atoms with Gasteiger partial charge in [-0.1, -0.05) is 17.7 Å². The van der Waals surface area contributed by atoms with E-state index in [0.29, 0.717) is 0 Å². The molecule has 0 aliphatic rings. The first-order valence-corrected chi connectivity index (χ1v) is 9.92. The highest BCUT2D eigenvalue weighted by atomic mass is 35.5. The predicted octanol–water partition coefficient (Wildman–Crippen LogP) is 4.40. The van der Waals surface area contributed by atoms with Crippen molar-refractivity contribution in [2.24, 2.45) is 0 Å². The van der Waals surface area contributed by atoms with Crippen LogP contribution in [0.25, 0.3) is 10.1 Å². The van der Waals surface area contributed by atoms with E-state index in [0.717, 1.165) is 17.5 Å². The van der Waals surface area contributed by atoms with Crippen molar-refractivity contribution in [3.05, 3.63) is 45.8 Å². The minimum Gasteiger partial charge on any atom is -0.247 e. The van der Waals surface area contributed by atoms with E-state index in [-0.39, 0.29) is 37.2 Å². The number of rotatable bonds is 5. The minimum absolute atomic E-state index is 0.107. The number of nitrogens with zero attached hydrogens (tertiary/aromatic N) is 2. The van der Waals surface area contributed by atoms with Crippen LogP contribution in [0.2, 0.25) is 5.02 Å². The van der Waals surface area contributed by atoms with E-state index < -0.39 is 28.7 Å². The second kappa shape index (κ2) is 7.01. The van der Waals surface area contributed by atoms with Crippen LogP contribution >= 0.6 is 22.9 Å². The average Bonchev–Trinajstić information content (AvgIpc) is 2.98. The molecule has 0 bridgehead atoms. The van der Waals surface area contributed by atoms with E-state index in [1.165, 1.54) is 24.4 Å². The number of alkyl halides is 2. The number of aryl methyl sites for hydroxylation is 1. The van der Waals surface area contributed by atoms with Gasteiger partial charge in [0, 0.05) is 29.1 Å². The number of fused-ring (bicyclic) bond motifs is 1. The number of halogens is 4. The van der Waals surface area contributed by atoms with Crippen LogP contribution in [-0.4, -0.2) is 24.8 Å². The lowest BCUT2D eigenvalue weighted by molar-refractivity contribution is 0.148. The lowest BCUT2D eigenvalue weighted by Crippen LogP contribution is -2.15. The van der Waals surface area contributed by atoms with E-state index in [4.69, 9.17) is 11.6 Å². The molecule has 11 heteroatoms. The van der Waals surface area contributed by atoms with Gasteiger partial charge in [0.05, 0.1) is 9.72 Å². The molecule has 0 radical (unpaired) electrons. The summed E-state index contributed by atoms with van der Waals surface area (Å²) in [5, 5.41) is 1.35. The molecule has 2 heterocycles. The number of thiophene rings is 1. The lowest BCUT2D eigenvalue weighted by Gasteiger charge is -2.09. The van der Waals surface area contributed by atoms with Crippen molar-refractivity contribution in [3.63, 3.8) is 0 Å². The van der Waals surface area contributed by atoms with Gasteiger partial charge < -0.3 is 0 Å². The van der Waals surface area contributed by atoms with Crippen molar-refractivity contribution in [2.75, 3.05) is 4.72 Å². The van der Waals surface area contributed by atoms with Crippen molar-refractivity contribution < 1.29 is 21.6 Å². The Hall–Kier alpha value is -1.91. The molecule has 138 valence electrons. The molecule has 0 amide bonds. The van der Waals surface area contributed by atoms with Crippen LogP contribution in [0.4, 0.5) is 19.1 Å². The third-order valence-electron chi connectivity index (χ3n) is 3.57. The maximum absolute atomic E-state index is 14.0. The molecular formula is C15H11ClF3N3O2S2.